The number of hydrogen-bond acceptors (Lipinski definition) is 4. The number of rotatable bonds is 5. The van der Waals surface area contributed by atoms with Crippen molar-refractivity contribution >= 4 is 48.1 Å². The Bertz CT molecular complexity index is 1020. The molecule has 0 fully saturated rings. The summed E-state index contributed by atoms with van der Waals surface area (Å²) in [6.45, 7) is 7.89. The Labute approximate surface area is 193 Å². The lowest BCUT2D eigenvalue weighted by atomic mass is 9.95. The molecule has 2 heterocycles. The van der Waals surface area contributed by atoms with Gasteiger partial charge in [-0.2, -0.15) is 0 Å². The summed E-state index contributed by atoms with van der Waals surface area (Å²) in [5.41, 5.74) is 5.08. The van der Waals surface area contributed by atoms with Crippen LogP contribution in [-0.4, -0.2) is 42.1 Å². The molecular weight excluding hydrogens is 478 g/mol. The molecule has 0 aliphatic carbocycles. The second kappa shape index (κ2) is 10.2. The van der Waals surface area contributed by atoms with Crippen molar-refractivity contribution in [3.63, 3.8) is 0 Å². The molecule has 2 unspecified atom stereocenters. The highest BCUT2D eigenvalue weighted by Gasteiger charge is 2.23. The predicted octanol–water partition coefficient (Wildman–Crippen LogP) is 5.16. The number of esters is 1. The molecule has 0 spiro atoms. The molecule has 0 saturated heterocycles. The monoisotopic (exact) mass is 504 g/mol. The summed E-state index contributed by atoms with van der Waals surface area (Å²) in [7, 11) is 3.84. The van der Waals surface area contributed by atoms with E-state index >= 15 is 0 Å². The molecule has 3 rings (SSSR count). The third-order valence-electron chi connectivity index (χ3n) is 5.82. The van der Waals surface area contributed by atoms with E-state index in [-0.39, 0.29) is 11.6 Å². The van der Waals surface area contributed by atoms with E-state index in [9.17, 15) is 9.18 Å². The fourth-order valence-corrected chi connectivity index (χ4v) is 4.84. The maximum atomic E-state index is 14.8. The molecule has 7 heteroatoms. The van der Waals surface area contributed by atoms with Crippen LogP contribution in [0.25, 0.3) is 11.6 Å². The predicted molar refractivity (Wildman–Crippen MR) is 131 cm³/mol. The summed E-state index contributed by atoms with van der Waals surface area (Å²) in [4.78, 5) is 18.5. The molecule has 0 radical (unpaired) electrons. The van der Waals surface area contributed by atoms with Gasteiger partial charge in [0, 0.05) is 46.6 Å². The molecule has 0 N–H and O–H groups in total. The fourth-order valence-electron chi connectivity index (χ4n) is 3.82. The molecule has 0 bridgehead atoms. The van der Waals surface area contributed by atoms with Gasteiger partial charge in [-0.3, -0.25) is 9.88 Å². The van der Waals surface area contributed by atoms with Crippen molar-refractivity contribution in [1.82, 2.24) is 9.88 Å². The zero-order chi connectivity index (χ0) is 22.7. The summed E-state index contributed by atoms with van der Waals surface area (Å²) in [6.07, 6.45) is 6.80. The SMILES string of the molecule is COC(=O)c1cc(F)c(C2=CCN(C(C)/C(C)=C/c3c(Br)ccnc3C)CC2)c(P)c1. The normalized spacial score (nSPS) is 16.1. The maximum absolute atomic E-state index is 14.8. The first-order chi connectivity index (χ1) is 14.7. The van der Waals surface area contributed by atoms with E-state index in [1.54, 1.807) is 12.3 Å². The highest BCUT2D eigenvalue weighted by molar-refractivity contribution is 9.10. The second-order valence-electron chi connectivity index (χ2n) is 7.74. The van der Waals surface area contributed by atoms with Gasteiger partial charge in [0.1, 0.15) is 5.82 Å². The molecule has 0 saturated carbocycles. The van der Waals surface area contributed by atoms with Crippen molar-refractivity contribution in [3.05, 3.63) is 68.7 Å². The molecular formula is C24H27BrFN2O2P. The molecule has 0 amide bonds. The number of aromatic nitrogens is 1. The maximum Gasteiger partial charge on any atom is 0.337 e. The minimum absolute atomic E-state index is 0.220. The standard InChI is InChI=1S/C24H27BrFN2O2P/c1-14(11-19-15(2)27-8-5-20(19)25)16(3)28-9-6-17(7-10-28)23-21(26)12-18(13-22(23)31)24(29)30-4/h5-6,8,11-13,16H,7,9-10,31H2,1-4H3/b14-11+. The third-order valence-corrected chi connectivity index (χ3v) is 6.97. The van der Waals surface area contributed by atoms with Gasteiger partial charge >= 0.3 is 5.97 Å². The molecule has 1 aliphatic rings. The van der Waals surface area contributed by atoms with Crippen LogP contribution in [0.3, 0.4) is 0 Å². The van der Waals surface area contributed by atoms with Gasteiger partial charge in [-0.15, -0.1) is 9.24 Å². The number of methoxy groups -OCH3 is 1. The van der Waals surface area contributed by atoms with Crippen molar-refractivity contribution in [2.75, 3.05) is 20.2 Å². The average Bonchev–Trinajstić information content (AvgIpc) is 2.75. The number of hydrogen-bond donors (Lipinski definition) is 0. The minimum atomic E-state index is -0.537. The summed E-state index contributed by atoms with van der Waals surface area (Å²) >= 11 is 3.61. The van der Waals surface area contributed by atoms with Gasteiger partial charge in [0.25, 0.3) is 0 Å². The number of benzene rings is 1. The van der Waals surface area contributed by atoms with Crippen molar-refractivity contribution in [2.24, 2.45) is 0 Å². The Kier molecular flexibility index (Phi) is 7.79. The zero-order valence-electron chi connectivity index (χ0n) is 18.2. The van der Waals surface area contributed by atoms with Crippen molar-refractivity contribution in [2.45, 2.75) is 33.2 Å². The summed E-state index contributed by atoms with van der Waals surface area (Å²) in [5.74, 6) is -0.932. The first-order valence-electron chi connectivity index (χ1n) is 10.1. The van der Waals surface area contributed by atoms with E-state index in [4.69, 9.17) is 4.74 Å². The van der Waals surface area contributed by atoms with Crippen LogP contribution < -0.4 is 5.30 Å². The van der Waals surface area contributed by atoms with E-state index in [0.29, 0.717) is 10.9 Å². The highest BCUT2D eigenvalue weighted by atomic mass is 79.9. The molecule has 1 aromatic carbocycles. The zero-order valence-corrected chi connectivity index (χ0v) is 20.9. The third kappa shape index (κ3) is 5.31. The topological polar surface area (TPSA) is 42.4 Å². The number of aryl methyl sites for hydroxylation is 1. The average molecular weight is 505 g/mol. The molecule has 1 aromatic heterocycles. The number of carbonyl (C=O) groups is 1. The van der Waals surface area contributed by atoms with E-state index in [1.165, 1.54) is 18.7 Å². The van der Waals surface area contributed by atoms with Crippen LogP contribution in [0.4, 0.5) is 4.39 Å². The van der Waals surface area contributed by atoms with Crippen LogP contribution in [0.1, 0.15) is 47.4 Å². The lowest BCUT2D eigenvalue weighted by Crippen LogP contribution is -2.37. The van der Waals surface area contributed by atoms with Crippen LogP contribution in [0.2, 0.25) is 0 Å². The van der Waals surface area contributed by atoms with Gasteiger partial charge in [0.2, 0.25) is 0 Å². The summed E-state index contributed by atoms with van der Waals surface area (Å²) in [5, 5.41) is 0.668. The number of pyridine rings is 1. The Morgan fingerprint density at radius 1 is 1.42 bits per heavy atom. The molecule has 1 aliphatic heterocycles. The largest absolute Gasteiger partial charge is 0.465 e. The lowest BCUT2D eigenvalue weighted by molar-refractivity contribution is 0.0600. The van der Waals surface area contributed by atoms with Crippen LogP contribution in [0.15, 0.2) is 40.5 Å². The summed E-state index contributed by atoms with van der Waals surface area (Å²) < 4.78 is 20.5. The Morgan fingerprint density at radius 2 is 2.16 bits per heavy atom. The summed E-state index contributed by atoms with van der Waals surface area (Å²) in [6, 6.07) is 5.11. The van der Waals surface area contributed by atoms with Crippen LogP contribution in [-0.2, 0) is 4.74 Å². The van der Waals surface area contributed by atoms with Gasteiger partial charge in [0.05, 0.1) is 12.7 Å². The van der Waals surface area contributed by atoms with Gasteiger partial charge in [-0.25, -0.2) is 9.18 Å². The molecule has 2 atom stereocenters. The van der Waals surface area contributed by atoms with Gasteiger partial charge in [0.15, 0.2) is 0 Å². The number of ether oxygens (including phenoxy) is 1. The van der Waals surface area contributed by atoms with Crippen LogP contribution in [0, 0.1) is 12.7 Å². The van der Waals surface area contributed by atoms with Gasteiger partial charge < -0.3 is 4.74 Å². The quantitative estimate of drug-likeness (QED) is 0.416. The smallest absolute Gasteiger partial charge is 0.337 e. The molecule has 164 valence electrons. The first kappa shape index (κ1) is 23.8. The van der Waals surface area contributed by atoms with Crippen molar-refractivity contribution < 1.29 is 13.9 Å². The van der Waals surface area contributed by atoms with Crippen LogP contribution >= 0.6 is 25.2 Å². The van der Waals surface area contributed by atoms with E-state index in [1.807, 2.05) is 13.0 Å². The van der Waals surface area contributed by atoms with Crippen LogP contribution in [0.5, 0.6) is 0 Å². The van der Waals surface area contributed by atoms with E-state index in [2.05, 4.69) is 61.1 Å². The minimum Gasteiger partial charge on any atom is -0.465 e. The second-order valence-corrected chi connectivity index (χ2v) is 9.22. The Morgan fingerprint density at radius 3 is 2.74 bits per heavy atom. The first-order valence-corrected chi connectivity index (χ1v) is 11.5. The van der Waals surface area contributed by atoms with Crippen molar-refractivity contribution in [3.8, 4) is 0 Å². The molecule has 31 heavy (non-hydrogen) atoms. The van der Waals surface area contributed by atoms with Crippen molar-refractivity contribution in [1.29, 1.82) is 0 Å². The Balaban J connectivity index is 1.78. The molecule has 2 aromatic rings. The molecule has 4 nitrogen and oxygen atoms in total. The van der Waals surface area contributed by atoms with E-state index in [0.717, 1.165) is 40.8 Å². The Hall–Kier alpha value is -1.88. The van der Waals surface area contributed by atoms with Gasteiger partial charge in [-0.05, 0) is 56.3 Å². The number of halogens is 2. The fraction of sp³-hybridized carbons (Fsp3) is 0.333. The highest BCUT2D eigenvalue weighted by Crippen LogP contribution is 2.28. The van der Waals surface area contributed by atoms with E-state index < -0.39 is 11.8 Å². The lowest BCUT2D eigenvalue weighted by Gasteiger charge is -2.33. The number of carbonyl (C=O) groups excluding carboxylic acids is 1. The number of nitrogens with zero attached hydrogens (tertiary/aromatic N) is 2. The van der Waals surface area contributed by atoms with Gasteiger partial charge in [-0.1, -0.05) is 33.7 Å².